The van der Waals surface area contributed by atoms with Crippen LogP contribution in [0.25, 0.3) is 0 Å². The molecule has 0 aliphatic carbocycles. The molecule has 9 heteroatoms. The lowest BCUT2D eigenvalue weighted by atomic mass is 10.1. The van der Waals surface area contributed by atoms with E-state index in [1.165, 1.54) is 0 Å². The van der Waals surface area contributed by atoms with Crippen LogP contribution >= 0.6 is 0 Å². The third-order valence-corrected chi connectivity index (χ3v) is 5.07. The number of rotatable bonds is 10. The molecule has 0 bridgehead atoms. The number of aliphatic hydroxyl groups is 1. The van der Waals surface area contributed by atoms with Crippen LogP contribution in [0.4, 0.5) is 11.4 Å². The van der Waals surface area contributed by atoms with E-state index in [9.17, 15) is 14.4 Å². The van der Waals surface area contributed by atoms with E-state index in [4.69, 9.17) is 10.8 Å². The van der Waals surface area contributed by atoms with Crippen molar-refractivity contribution in [3.8, 4) is 0 Å². The smallest absolute Gasteiger partial charge is 0.224 e. The van der Waals surface area contributed by atoms with Crippen molar-refractivity contribution in [2.45, 2.75) is 25.9 Å². The molecule has 0 saturated heterocycles. The molecule has 3 rings (SSSR count). The van der Waals surface area contributed by atoms with Gasteiger partial charge in [0.25, 0.3) is 0 Å². The van der Waals surface area contributed by atoms with Gasteiger partial charge in [-0.2, -0.15) is 0 Å². The fraction of sp³-hybridized carbons (Fsp3) is 0.333. The average molecular weight is 454 g/mol. The molecule has 2 aromatic rings. The van der Waals surface area contributed by atoms with Crippen molar-refractivity contribution in [2.24, 2.45) is 10.7 Å². The number of nitrogens with two attached hydrogens (primary N) is 1. The van der Waals surface area contributed by atoms with Crippen molar-refractivity contribution in [3.05, 3.63) is 58.7 Å². The van der Waals surface area contributed by atoms with Crippen LogP contribution in [0.15, 0.2) is 41.4 Å². The zero-order valence-corrected chi connectivity index (χ0v) is 19.0. The molecule has 5 N–H and O–H groups in total. The normalized spacial score (nSPS) is 11.5. The summed E-state index contributed by atoms with van der Waals surface area (Å²) < 4.78 is 0. The van der Waals surface area contributed by atoms with E-state index in [-0.39, 0.29) is 25.4 Å². The fourth-order valence-corrected chi connectivity index (χ4v) is 3.28. The largest absolute Gasteiger partial charge is 0.395 e. The first-order valence-corrected chi connectivity index (χ1v) is 10.6. The lowest BCUT2D eigenvalue weighted by molar-refractivity contribution is -0.118. The van der Waals surface area contributed by atoms with Crippen LogP contribution in [0.1, 0.15) is 39.9 Å². The number of benzene rings is 2. The number of nitrogens with one attached hydrogen (secondary N) is 2. The highest BCUT2D eigenvalue weighted by Crippen LogP contribution is 2.21. The minimum Gasteiger partial charge on any atom is -0.395 e. The monoisotopic (exact) mass is 453 g/mol. The van der Waals surface area contributed by atoms with Gasteiger partial charge in [-0.05, 0) is 48.5 Å². The third-order valence-electron chi connectivity index (χ3n) is 5.07. The van der Waals surface area contributed by atoms with Gasteiger partial charge in [0.15, 0.2) is 0 Å². The van der Waals surface area contributed by atoms with E-state index in [0.29, 0.717) is 36.7 Å². The van der Waals surface area contributed by atoms with Gasteiger partial charge in [0.1, 0.15) is 18.4 Å². The number of likely N-dealkylation sites (N-methyl/N-ethyl adjacent to an activating group) is 1. The molecular formula is C24H31N5O4. The van der Waals surface area contributed by atoms with Crippen LogP contribution < -0.4 is 21.3 Å². The van der Waals surface area contributed by atoms with Gasteiger partial charge in [0.05, 0.1) is 13.2 Å². The standard InChI is InChI=1S/C12H13N3O2.C12H18N2O2/c13-12-10-4-3-9(6-8(10)7-14-12)15-11(17)2-1-5-16;1-13-8-10-3-4-12(7-11(10)9-16)14(2)5-6-15/h3-6H,1-2,7H2,(H2,13,14)(H,15,17);3-4,7,9,13,15H,5-6,8H2,1-2H3. The topological polar surface area (TPSA) is 137 Å². The molecule has 0 fully saturated rings. The van der Waals surface area contributed by atoms with Crippen molar-refractivity contribution < 1.29 is 19.5 Å². The third kappa shape index (κ3) is 7.51. The molecule has 2 aromatic carbocycles. The zero-order valence-electron chi connectivity index (χ0n) is 19.0. The predicted octanol–water partition coefficient (Wildman–Crippen LogP) is 1.47. The molecule has 0 spiro atoms. The zero-order chi connectivity index (χ0) is 24.2. The molecule has 0 radical (unpaired) electrons. The molecule has 9 nitrogen and oxygen atoms in total. The quantitative estimate of drug-likeness (QED) is 0.400. The molecular weight excluding hydrogens is 422 g/mol. The van der Waals surface area contributed by atoms with Crippen molar-refractivity contribution >= 4 is 35.7 Å². The van der Waals surface area contributed by atoms with Crippen molar-refractivity contribution in [1.29, 1.82) is 0 Å². The van der Waals surface area contributed by atoms with Crippen LogP contribution in [-0.4, -0.2) is 56.7 Å². The maximum atomic E-state index is 11.4. The molecule has 0 unspecified atom stereocenters. The number of aliphatic hydroxyl groups excluding tert-OH is 1. The molecule has 0 aromatic heterocycles. The maximum Gasteiger partial charge on any atom is 0.224 e. The Labute approximate surface area is 193 Å². The first-order valence-electron chi connectivity index (χ1n) is 10.6. The Hall–Kier alpha value is -3.56. The average Bonchev–Trinajstić information content (AvgIpc) is 3.18. The molecule has 1 heterocycles. The Morgan fingerprint density at radius 3 is 2.70 bits per heavy atom. The summed E-state index contributed by atoms with van der Waals surface area (Å²) in [4.78, 5) is 38.5. The van der Waals surface area contributed by atoms with Crippen LogP contribution in [0.5, 0.6) is 0 Å². The Morgan fingerprint density at radius 1 is 1.24 bits per heavy atom. The van der Waals surface area contributed by atoms with Crippen LogP contribution in [0.3, 0.4) is 0 Å². The van der Waals surface area contributed by atoms with Crippen molar-refractivity contribution in [1.82, 2.24) is 5.32 Å². The van der Waals surface area contributed by atoms with E-state index < -0.39 is 0 Å². The van der Waals surface area contributed by atoms with E-state index in [0.717, 1.165) is 35.0 Å². The fourth-order valence-electron chi connectivity index (χ4n) is 3.28. The molecule has 176 valence electrons. The Balaban J connectivity index is 0.000000234. The summed E-state index contributed by atoms with van der Waals surface area (Å²) in [6.45, 7) is 1.89. The van der Waals surface area contributed by atoms with Gasteiger partial charge >= 0.3 is 0 Å². The molecule has 33 heavy (non-hydrogen) atoms. The van der Waals surface area contributed by atoms with Gasteiger partial charge in [-0.3, -0.25) is 14.6 Å². The summed E-state index contributed by atoms with van der Waals surface area (Å²) in [5.74, 6) is 0.378. The highest BCUT2D eigenvalue weighted by molar-refractivity contribution is 6.01. The molecule has 1 aliphatic rings. The number of hydrogen-bond donors (Lipinski definition) is 4. The summed E-state index contributed by atoms with van der Waals surface area (Å²) in [5.41, 5.74) is 11.0. The lowest BCUT2D eigenvalue weighted by Gasteiger charge is -2.19. The van der Waals surface area contributed by atoms with Crippen LogP contribution in [0.2, 0.25) is 0 Å². The number of hydrogen-bond acceptors (Lipinski definition) is 8. The van der Waals surface area contributed by atoms with Gasteiger partial charge < -0.3 is 31.2 Å². The number of anilines is 2. The Morgan fingerprint density at radius 2 is 2.03 bits per heavy atom. The highest BCUT2D eigenvalue weighted by atomic mass is 16.3. The predicted molar refractivity (Wildman–Crippen MR) is 130 cm³/mol. The minimum atomic E-state index is -0.163. The number of aliphatic imine (C=N–C) groups is 1. The number of nitrogens with zero attached hydrogens (tertiary/aromatic N) is 2. The van der Waals surface area contributed by atoms with E-state index >= 15 is 0 Å². The van der Waals surface area contributed by atoms with Crippen LogP contribution in [0, 0.1) is 0 Å². The number of fused-ring (bicyclic) bond motifs is 1. The van der Waals surface area contributed by atoms with E-state index in [1.54, 1.807) is 6.07 Å². The lowest BCUT2D eigenvalue weighted by Crippen LogP contribution is -2.21. The van der Waals surface area contributed by atoms with E-state index in [2.05, 4.69) is 15.6 Å². The van der Waals surface area contributed by atoms with Gasteiger partial charge in [-0.15, -0.1) is 0 Å². The second-order valence-corrected chi connectivity index (χ2v) is 7.50. The minimum absolute atomic E-state index is 0.102. The molecule has 0 saturated carbocycles. The summed E-state index contributed by atoms with van der Waals surface area (Å²) in [7, 11) is 3.73. The highest BCUT2D eigenvalue weighted by Gasteiger charge is 2.13. The first-order chi connectivity index (χ1) is 15.9. The SMILES string of the molecule is CNCc1ccc(N(C)CCO)cc1C=O.NC1=NCc2cc(NC(=O)CCC=O)ccc21. The number of amides is 1. The summed E-state index contributed by atoms with van der Waals surface area (Å²) >= 11 is 0. The summed E-state index contributed by atoms with van der Waals surface area (Å²) in [5, 5.41) is 14.6. The van der Waals surface area contributed by atoms with Gasteiger partial charge in [-0.1, -0.05) is 6.07 Å². The van der Waals surface area contributed by atoms with Gasteiger partial charge in [0.2, 0.25) is 5.91 Å². The molecule has 1 amide bonds. The Kier molecular flexibility index (Phi) is 10.2. The summed E-state index contributed by atoms with van der Waals surface area (Å²) in [6.07, 6.45) is 2.05. The number of amidine groups is 1. The second kappa shape index (κ2) is 13.1. The van der Waals surface area contributed by atoms with Gasteiger partial charge in [0, 0.05) is 55.5 Å². The Bertz CT molecular complexity index is 1010. The van der Waals surface area contributed by atoms with Crippen molar-refractivity contribution in [3.63, 3.8) is 0 Å². The molecule has 0 atom stereocenters. The van der Waals surface area contributed by atoms with Crippen molar-refractivity contribution in [2.75, 3.05) is 37.5 Å². The van der Waals surface area contributed by atoms with E-state index in [1.807, 2.05) is 49.3 Å². The number of carbonyl (C=O) groups is 3. The number of carbonyl (C=O) groups excluding carboxylic acids is 3. The second-order valence-electron chi connectivity index (χ2n) is 7.50. The number of aldehydes is 2. The maximum absolute atomic E-state index is 11.4. The summed E-state index contributed by atoms with van der Waals surface area (Å²) in [6, 6.07) is 11.2. The van der Waals surface area contributed by atoms with Gasteiger partial charge in [-0.25, -0.2) is 0 Å². The molecule has 1 aliphatic heterocycles. The first kappa shape index (κ1) is 25.7. The van der Waals surface area contributed by atoms with Crippen LogP contribution in [-0.2, 0) is 22.7 Å².